The van der Waals surface area contributed by atoms with Crippen LogP contribution >= 0.6 is 0 Å². The number of amides is 2. The van der Waals surface area contributed by atoms with Crippen LogP contribution in [0.5, 0.6) is 0 Å². The first kappa shape index (κ1) is 17.3. The second-order valence-corrected chi connectivity index (χ2v) is 5.85. The summed E-state index contributed by atoms with van der Waals surface area (Å²) in [6, 6.07) is 9.97. The van der Waals surface area contributed by atoms with Crippen LogP contribution in [-0.2, 0) is 11.2 Å². The smallest absolute Gasteiger partial charge is 0.291 e. The van der Waals surface area contributed by atoms with Gasteiger partial charge in [0, 0.05) is 22.6 Å². The van der Waals surface area contributed by atoms with Gasteiger partial charge in [0.05, 0.1) is 6.42 Å². The molecule has 3 aromatic rings. The third-order valence-corrected chi connectivity index (χ3v) is 3.82. The molecule has 0 saturated carbocycles. The van der Waals surface area contributed by atoms with Crippen LogP contribution in [0.1, 0.15) is 27.6 Å². The quantitative estimate of drug-likeness (QED) is 0.562. The largest absolute Gasteiger partial charge is 0.456 e. The molecule has 4 N–H and O–H groups in total. The lowest BCUT2D eigenvalue weighted by molar-refractivity contribution is -0.115. The SMILES string of the molecule is Cc1ccc(C(=O)Nc2ccc(NC(=O)Cc3c(C)[nH][nH]c3=O)cc2)o1. The highest BCUT2D eigenvalue weighted by Gasteiger charge is 2.12. The summed E-state index contributed by atoms with van der Waals surface area (Å²) in [5.74, 6) is 0.231. The molecule has 0 atom stereocenters. The fourth-order valence-corrected chi connectivity index (χ4v) is 2.44. The Labute approximate surface area is 148 Å². The number of carbonyl (C=O) groups is 2. The van der Waals surface area contributed by atoms with E-state index in [1.807, 2.05) is 0 Å². The summed E-state index contributed by atoms with van der Waals surface area (Å²) in [5.41, 5.74) is 1.87. The molecule has 1 aromatic carbocycles. The monoisotopic (exact) mass is 354 g/mol. The Morgan fingerprint density at radius 3 is 2.15 bits per heavy atom. The van der Waals surface area contributed by atoms with Crippen molar-refractivity contribution in [3.05, 3.63) is 69.5 Å². The van der Waals surface area contributed by atoms with Gasteiger partial charge in [-0.25, -0.2) is 0 Å². The highest BCUT2D eigenvalue weighted by molar-refractivity contribution is 6.02. The molecular weight excluding hydrogens is 336 g/mol. The number of carbonyl (C=O) groups excluding carboxylic acids is 2. The molecular formula is C18H18N4O4. The molecule has 0 spiro atoms. The standard InChI is InChI=1S/C18H18N4O4/c1-10-3-8-15(26-10)18(25)20-13-6-4-12(5-7-13)19-16(23)9-14-11(2)21-22-17(14)24/h3-8H,9H2,1-2H3,(H,19,23)(H,20,25)(H2,21,22,24). The minimum absolute atomic E-state index is 0.0268. The zero-order valence-corrected chi connectivity index (χ0v) is 14.3. The average Bonchev–Trinajstić information content (AvgIpc) is 3.17. The van der Waals surface area contributed by atoms with Gasteiger partial charge >= 0.3 is 0 Å². The molecule has 134 valence electrons. The Kier molecular flexibility index (Phi) is 4.74. The van der Waals surface area contributed by atoms with Gasteiger partial charge in [-0.3, -0.25) is 19.5 Å². The van der Waals surface area contributed by atoms with Gasteiger partial charge < -0.3 is 20.1 Å². The fourth-order valence-electron chi connectivity index (χ4n) is 2.44. The van der Waals surface area contributed by atoms with Gasteiger partial charge in [0.2, 0.25) is 5.91 Å². The summed E-state index contributed by atoms with van der Waals surface area (Å²) in [4.78, 5) is 35.7. The van der Waals surface area contributed by atoms with E-state index in [9.17, 15) is 14.4 Å². The number of aromatic amines is 2. The Morgan fingerprint density at radius 1 is 0.962 bits per heavy atom. The van der Waals surface area contributed by atoms with Crippen LogP contribution in [0, 0.1) is 13.8 Å². The summed E-state index contributed by atoms with van der Waals surface area (Å²) in [7, 11) is 0. The number of nitrogens with one attached hydrogen (secondary N) is 4. The van der Waals surface area contributed by atoms with E-state index in [1.54, 1.807) is 50.2 Å². The summed E-state index contributed by atoms with van der Waals surface area (Å²) in [5, 5.41) is 10.5. The van der Waals surface area contributed by atoms with Crippen molar-refractivity contribution in [3.8, 4) is 0 Å². The lowest BCUT2D eigenvalue weighted by atomic mass is 10.2. The number of furan rings is 1. The zero-order valence-electron chi connectivity index (χ0n) is 14.3. The number of aromatic nitrogens is 2. The van der Waals surface area contributed by atoms with Crippen molar-refractivity contribution in [2.75, 3.05) is 10.6 Å². The normalized spacial score (nSPS) is 10.5. The van der Waals surface area contributed by atoms with Crippen LogP contribution in [0.2, 0.25) is 0 Å². The topological polar surface area (TPSA) is 120 Å². The Hall–Kier alpha value is -3.55. The van der Waals surface area contributed by atoms with Crippen molar-refractivity contribution in [1.82, 2.24) is 10.2 Å². The fraction of sp³-hybridized carbons (Fsp3) is 0.167. The maximum atomic E-state index is 12.1. The molecule has 2 heterocycles. The van der Waals surface area contributed by atoms with Gasteiger partial charge in [-0.15, -0.1) is 0 Å². The van der Waals surface area contributed by atoms with Crippen LogP contribution in [0.15, 0.2) is 45.6 Å². The lowest BCUT2D eigenvalue weighted by Gasteiger charge is -2.07. The van der Waals surface area contributed by atoms with E-state index >= 15 is 0 Å². The van der Waals surface area contributed by atoms with E-state index in [0.717, 1.165) is 0 Å². The van der Waals surface area contributed by atoms with Crippen LogP contribution in [0.3, 0.4) is 0 Å². The van der Waals surface area contributed by atoms with Crippen LogP contribution < -0.4 is 16.2 Å². The highest BCUT2D eigenvalue weighted by Crippen LogP contribution is 2.16. The van der Waals surface area contributed by atoms with Gasteiger partial charge in [-0.2, -0.15) is 0 Å². The van der Waals surface area contributed by atoms with Gasteiger partial charge in [0.1, 0.15) is 5.76 Å². The number of hydrogen-bond acceptors (Lipinski definition) is 4. The van der Waals surface area contributed by atoms with Crippen molar-refractivity contribution >= 4 is 23.2 Å². The van der Waals surface area contributed by atoms with E-state index in [2.05, 4.69) is 20.8 Å². The molecule has 0 radical (unpaired) electrons. The number of aryl methyl sites for hydroxylation is 2. The zero-order chi connectivity index (χ0) is 18.7. The third-order valence-electron chi connectivity index (χ3n) is 3.82. The van der Waals surface area contributed by atoms with Crippen molar-refractivity contribution in [3.63, 3.8) is 0 Å². The molecule has 0 saturated heterocycles. The lowest BCUT2D eigenvalue weighted by Crippen LogP contribution is -2.19. The van der Waals surface area contributed by atoms with Crippen LogP contribution in [0.25, 0.3) is 0 Å². The molecule has 0 aliphatic rings. The number of H-pyrrole nitrogens is 2. The molecule has 0 aliphatic heterocycles. The van der Waals surface area contributed by atoms with E-state index in [1.165, 1.54) is 0 Å². The molecule has 8 heteroatoms. The molecule has 0 unspecified atom stereocenters. The summed E-state index contributed by atoms with van der Waals surface area (Å²) in [6.07, 6.45) is -0.0268. The van der Waals surface area contributed by atoms with Crippen molar-refractivity contribution in [1.29, 1.82) is 0 Å². The number of benzene rings is 1. The molecule has 0 aliphatic carbocycles. The predicted molar refractivity (Wildman–Crippen MR) is 96.3 cm³/mol. The molecule has 26 heavy (non-hydrogen) atoms. The van der Waals surface area contributed by atoms with Gasteiger partial charge in [0.15, 0.2) is 5.76 Å². The molecule has 0 bridgehead atoms. The van der Waals surface area contributed by atoms with E-state index in [0.29, 0.717) is 28.4 Å². The Morgan fingerprint density at radius 2 is 1.62 bits per heavy atom. The van der Waals surface area contributed by atoms with Crippen LogP contribution in [-0.4, -0.2) is 22.0 Å². The second-order valence-electron chi connectivity index (χ2n) is 5.85. The van der Waals surface area contributed by atoms with Crippen molar-refractivity contribution in [2.45, 2.75) is 20.3 Å². The molecule has 8 nitrogen and oxygen atoms in total. The van der Waals surface area contributed by atoms with Gasteiger partial charge in [0.25, 0.3) is 11.5 Å². The van der Waals surface area contributed by atoms with Gasteiger partial charge in [-0.05, 0) is 50.2 Å². The van der Waals surface area contributed by atoms with Crippen molar-refractivity contribution < 1.29 is 14.0 Å². The van der Waals surface area contributed by atoms with Gasteiger partial charge in [-0.1, -0.05) is 0 Å². The average molecular weight is 354 g/mol. The minimum atomic E-state index is -0.350. The number of hydrogen-bond donors (Lipinski definition) is 4. The summed E-state index contributed by atoms with van der Waals surface area (Å²) >= 11 is 0. The Balaban J connectivity index is 1.60. The van der Waals surface area contributed by atoms with E-state index in [-0.39, 0.29) is 29.6 Å². The van der Waals surface area contributed by atoms with Crippen LogP contribution in [0.4, 0.5) is 11.4 Å². The summed E-state index contributed by atoms with van der Waals surface area (Å²) < 4.78 is 5.26. The number of rotatable bonds is 5. The minimum Gasteiger partial charge on any atom is -0.456 e. The molecule has 0 fully saturated rings. The second kappa shape index (κ2) is 7.14. The molecule has 2 amide bonds. The van der Waals surface area contributed by atoms with Crippen molar-refractivity contribution in [2.24, 2.45) is 0 Å². The Bertz CT molecular complexity index is 995. The third kappa shape index (κ3) is 3.92. The maximum Gasteiger partial charge on any atom is 0.291 e. The molecule has 2 aromatic heterocycles. The number of anilines is 2. The molecule has 3 rings (SSSR count). The summed E-state index contributed by atoms with van der Waals surface area (Å²) in [6.45, 7) is 3.48. The predicted octanol–water partition coefficient (Wildman–Crippen LogP) is 2.35. The van der Waals surface area contributed by atoms with E-state index in [4.69, 9.17) is 4.42 Å². The first-order chi connectivity index (χ1) is 12.4. The first-order valence-electron chi connectivity index (χ1n) is 7.96. The first-order valence-corrected chi connectivity index (χ1v) is 7.96. The maximum absolute atomic E-state index is 12.1. The van der Waals surface area contributed by atoms with E-state index < -0.39 is 0 Å². The highest BCUT2D eigenvalue weighted by atomic mass is 16.3.